The number of benzene rings is 2. The molecule has 0 atom stereocenters. The molecule has 8 heteroatoms. The molecule has 1 fully saturated rings. The molecule has 0 spiro atoms. The van der Waals surface area contributed by atoms with E-state index in [1.165, 1.54) is 12.1 Å². The van der Waals surface area contributed by atoms with Gasteiger partial charge >= 0.3 is 0 Å². The maximum absolute atomic E-state index is 13.7. The van der Waals surface area contributed by atoms with E-state index in [9.17, 15) is 14.0 Å². The van der Waals surface area contributed by atoms with E-state index in [2.05, 4.69) is 15.5 Å². The number of pyridine rings is 1. The minimum atomic E-state index is -0.331. The van der Waals surface area contributed by atoms with E-state index in [1.807, 2.05) is 18.2 Å². The normalized spacial score (nSPS) is 16.9. The third-order valence-electron chi connectivity index (χ3n) is 6.45. The Hall–Kier alpha value is -3.23. The van der Waals surface area contributed by atoms with Crippen molar-refractivity contribution in [3.8, 4) is 5.75 Å². The fraction of sp³-hybridized carbons (Fsp3) is 0.360. The second-order valence-electron chi connectivity index (χ2n) is 8.69. The number of hydrogen-bond donors (Lipinski definition) is 2. The molecule has 0 radical (unpaired) electrons. The van der Waals surface area contributed by atoms with Gasteiger partial charge in [0.15, 0.2) is 6.61 Å². The number of fused-ring (bicyclic) bond motifs is 2. The van der Waals surface area contributed by atoms with Crippen LogP contribution in [0.15, 0.2) is 53.3 Å². The summed E-state index contributed by atoms with van der Waals surface area (Å²) in [6, 6.07) is 14.1. The molecule has 1 saturated heterocycles. The van der Waals surface area contributed by atoms with Crippen LogP contribution in [0, 0.1) is 5.82 Å². The Labute approximate surface area is 191 Å². The van der Waals surface area contributed by atoms with E-state index in [1.54, 1.807) is 22.8 Å². The fourth-order valence-corrected chi connectivity index (χ4v) is 4.60. The van der Waals surface area contributed by atoms with E-state index in [0.717, 1.165) is 55.7 Å². The number of rotatable bonds is 6. The van der Waals surface area contributed by atoms with Gasteiger partial charge in [-0.05, 0) is 73.3 Å². The largest absolute Gasteiger partial charge is 0.482 e. The zero-order valence-electron chi connectivity index (χ0n) is 18.4. The Morgan fingerprint density at radius 3 is 2.70 bits per heavy atom. The van der Waals surface area contributed by atoms with Crippen LogP contribution in [0.3, 0.4) is 0 Å². The van der Waals surface area contributed by atoms with Gasteiger partial charge in [0.2, 0.25) is 0 Å². The first-order valence-corrected chi connectivity index (χ1v) is 11.4. The van der Waals surface area contributed by atoms with Crippen molar-refractivity contribution in [3.05, 3.63) is 70.3 Å². The SMILES string of the molecule is O=C1COc2ccc(CNC3CCN(CCn4c(=O)ccc5ccc(F)cc54)CC3)cc2N1. The topological polar surface area (TPSA) is 75.6 Å². The van der Waals surface area contributed by atoms with Gasteiger partial charge in [0.25, 0.3) is 11.5 Å². The molecule has 2 aliphatic rings. The number of anilines is 1. The van der Waals surface area contributed by atoms with Crippen molar-refractivity contribution in [3.63, 3.8) is 0 Å². The van der Waals surface area contributed by atoms with Crippen molar-refractivity contribution in [1.29, 1.82) is 0 Å². The summed E-state index contributed by atoms with van der Waals surface area (Å²) in [7, 11) is 0. The third kappa shape index (κ3) is 4.91. The molecule has 0 unspecified atom stereocenters. The minimum absolute atomic E-state index is 0.0647. The quantitative estimate of drug-likeness (QED) is 0.604. The van der Waals surface area contributed by atoms with Crippen LogP contribution in [0.25, 0.3) is 10.9 Å². The zero-order chi connectivity index (χ0) is 22.8. The van der Waals surface area contributed by atoms with Gasteiger partial charge < -0.3 is 24.8 Å². The van der Waals surface area contributed by atoms with Gasteiger partial charge in [-0.15, -0.1) is 0 Å². The zero-order valence-corrected chi connectivity index (χ0v) is 18.4. The molecule has 2 aromatic carbocycles. The standard InChI is InChI=1S/C25H27FN4O3/c26-19-4-2-18-3-6-25(32)30(22(18)14-19)12-11-29-9-7-20(8-10-29)27-15-17-1-5-23-21(13-17)28-24(31)16-33-23/h1-6,13-14,20,27H,7-12,15-16H2,(H,28,31). The lowest BCUT2D eigenvalue weighted by Gasteiger charge is -2.32. The first-order chi connectivity index (χ1) is 16.0. The fourth-order valence-electron chi connectivity index (χ4n) is 4.60. The van der Waals surface area contributed by atoms with Crippen molar-refractivity contribution < 1.29 is 13.9 Å². The number of amides is 1. The van der Waals surface area contributed by atoms with Crippen molar-refractivity contribution in [2.45, 2.75) is 32.0 Å². The first kappa shape index (κ1) is 21.6. The summed E-state index contributed by atoms with van der Waals surface area (Å²) in [6.45, 7) is 3.98. The summed E-state index contributed by atoms with van der Waals surface area (Å²) in [6.07, 6.45) is 2.04. The lowest BCUT2D eigenvalue weighted by molar-refractivity contribution is -0.118. The predicted molar refractivity (Wildman–Crippen MR) is 125 cm³/mol. The summed E-state index contributed by atoms with van der Waals surface area (Å²) in [5.41, 5.74) is 2.37. The van der Waals surface area contributed by atoms with Gasteiger partial charge in [0, 0.05) is 31.7 Å². The molecule has 3 aromatic rings. The van der Waals surface area contributed by atoms with E-state index < -0.39 is 0 Å². The van der Waals surface area contributed by atoms with Crippen LogP contribution in [-0.4, -0.2) is 47.7 Å². The van der Waals surface area contributed by atoms with Gasteiger partial charge in [-0.25, -0.2) is 4.39 Å². The average Bonchev–Trinajstić information content (AvgIpc) is 2.82. The number of aromatic nitrogens is 1. The monoisotopic (exact) mass is 450 g/mol. The second-order valence-corrected chi connectivity index (χ2v) is 8.69. The van der Waals surface area contributed by atoms with Gasteiger partial charge in [-0.2, -0.15) is 0 Å². The van der Waals surface area contributed by atoms with Gasteiger partial charge in [-0.1, -0.05) is 6.07 Å². The van der Waals surface area contributed by atoms with Crippen molar-refractivity contribution in [1.82, 2.24) is 14.8 Å². The van der Waals surface area contributed by atoms with E-state index in [-0.39, 0.29) is 23.9 Å². The summed E-state index contributed by atoms with van der Waals surface area (Å²) in [4.78, 5) is 26.3. The summed E-state index contributed by atoms with van der Waals surface area (Å²) < 4.78 is 20.8. The molecular formula is C25H27FN4O3. The van der Waals surface area contributed by atoms with E-state index in [0.29, 0.717) is 23.9 Å². The highest BCUT2D eigenvalue weighted by molar-refractivity contribution is 5.95. The highest BCUT2D eigenvalue weighted by Gasteiger charge is 2.20. The molecule has 3 heterocycles. The van der Waals surface area contributed by atoms with Gasteiger partial charge in [-0.3, -0.25) is 9.59 Å². The van der Waals surface area contributed by atoms with Crippen LogP contribution in [0.5, 0.6) is 5.75 Å². The van der Waals surface area contributed by atoms with E-state index in [4.69, 9.17) is 4.74 Å². The smallest absolute Gasteiger partial charge is 0.262 e. The number of ether oxygens (including phenoxy) is 1. The maximum atomic E-state index is 13.7. The van der Waals surface area contributed by atoms with Crippen molar-refractivity contribution in [2.75, 3.05) is 31.6 Å². The summed E-state index contributed by atoms with van der Waals surface area (Å²) in [5, 5.41) is 7.33. The number of likely N-dealkylation sites (tertiary alicyclic amines) is 1. The number of carbonyl (C=O) groups is 1. The first-order valence-electron chi connectivity index (χ1n) is 11.4. The number of hydrogen-bond acceptors (Lipinski definition) is 5. The molecule has 1 aromatic heterocycles. The highest BCUT2D eigenvalue weighted by atomic mass is 19.1. The third-order valence-corrected chi connectivity index (χ3v) is 6.45. The Bertz CT molecular complexity index is 1230. The second kappa shape index (κ2) is 9.33. The molecule has 1 amide bonds. The number of nitrogens with zero attached hydrogens (tertiary/aromatic N) is 2. The Morgan fingerprint density at radius 2 is 1.85 bits per heavy atom. The molecule has 7 nitrogen and oxygen atoms in total. The van der Waals surface area contributed by atoms with Crippen molar-refractivity contribution >= 4 is 22.5 Å². The number of halogens is 1. The Morgan fingerprint density at radius 1 is 1.03 bits per heavy atom. The molecule has 172 valence electrons. The molecule has 0 bridgehead atoms. The average molecular weight is 451 g/mol. The van der Waals surface area contributed by atoms with Gasteiger partial charge in [0.05, 0.1) is 11.2 Å². The number of nitrogens with one attached hydrogen (secondary N) is 2. The van der Waals surface area contributed by atoms with Crippen LogP contribution < -0.4 is 20.9 Å². The maximum Gasteiger partial charge on any atom is 0.262 e. The van der Waals surface area contributed by atoms with Crippen LogP contribution >= 0.6 is 0 Å². The molecule has 0 aliphatic carbocycles. The lowest BCUT2D eigenvalue weighted by Crippen LogP contribution is -2.43. The Balaban J connectivity index is 1.13. The summed E-state index contributed by atoms with van der Waals surface area (Å²) >= 11 is 0. The Kier molecular flexibility index (Phi) is 6.11. The summed E-state index contributed by atoms with van der Waals surface area (Å²) in [5.74, 6) is 0.248. The lowest BCUT2D eigenvalue weighted by atomic mass is 10.0. The molecular weight excluding hydrogens is 423 g/mol. The molecule has 5 rings (SSSR count). The van der Waals surface area contributed by atoms with Crippen LogP contribution in [-0.2, 0) is 17.9 Å². The molecule has 33 heavy (non-hydrogen) atoms. The van der Waals surface area contributed by atoms with E-state index >= 15 is 0 Å². The molecule has 0 saturated carbocycles. The van der Waals surface area contributed by atoms with Crippen LogP contribution in [0.4, 0.5) is 10.1 Å². The minimum Gasteiger partial charge on any atom is -0.482 e. The molecule has 2 aliphatic heterocycles. The predicted octanol–water partition coefficient (Wildman–Crippen LogP) is 2.73. The molecule has 2 N–H and O–H groups in total. The number of carbonyl (C=O) groups excluding carboxylic acids is 1. The number of piperidine rings is 1. The van der Waals surface area contributed by atoms with Gasteiger partial charge in [0.1, 0.15) is 11.6 Å². The highest BCUT2D eigenvalue weighted by Crippen LogP contribution is 2.28. The van der Waals surface area contributed by atoms with Crippen LogP contribution in [0.1, 0.15) is 18.4 Å². The van der Waals surface area contributed by atoms with Crippen molar-refractivity contribution in [2.24, 2.45) is 0 Å². The van der Waals surface area contributed by atoms with Crippen LogP contribution in [0.2, 0.25) is 0 Å².